The summed E-state index contributed by atoms with van der Waals surface area (Å²) in [5.41, 5.74) is 1.83. The van der Waals surface area contributed by atoms with Crippen molar-refractivity contribution >= 4 is 29.4 Å². The summed E-state index contributed by atoms with van der Waals surface area (Å²) in [7, 11) is 0. The zero-order valence-corrected chi connectivity index (χ0v) is 17.2. The molecule has 7 heteroatoms. The van der Waals surface area contributed by atoms with Crippen molar-refractivity contribution in [2.75, 3.05) is 6.54 Å². The molecule has 2 amide bonds. The molecule has 0 heterocycles. The van der Waals surface area contributed by atoms with E-state index >= 15 is 0 Å². The lowest BCUT2D eigenvalue weighted by Gasteiger charge is -2.19. The summed E-state index contributed by atoms with van der Waals surface area (Å²) in [4.78, 5) is 36.0. The molecule has 154 valence electrons. The van der Waals surface area contributed by atoms with Gasteiger partial charge in [-0.25, -0.2) is 0 Å². The van der Waals surface area contributed by atoms with E-state index in [0.717, 1.165) is 11.1 Å². The fraction of sp³-hybridized carbons (Fsp3) is 0.318. The SMILES string of the molecule is CC(=O)NC(CC(=O)OC(C)C(=O)NCCc1ccccc1)c1ccc(Cl)cc1. The van der Waals surface area contributed by atoms with E-state index < -0.39 is 18.1 Å². The van der Waals surface area contributed by atoms with Gasteiger partial charge in [-0.2, -0.15) is 0 Å². The number of hydrogen-bond donors (Lipinski definition) is 2. The maximum Gasteiger partial charge on any atom is 0.309 e. The number of ether oxygens (including phenoxy) is 1. The molecule has 2 atom stereocenters. The van der Waals surface area contributed by atoms with Crippen LogP contribution < -0.4 is 10.6 Å². The Hall–Kier alpha value is -2.86. The van der Waals surface area contributed by atoms with Crippen LogP contribution in [-0.4, -0.2) is 30.4 Å². The molecule has 2 unspecified atom stereocenters. The van der Waals surface area contributed by atoms with Crippen LogP contribution in [0, 0.1) is 0 Å². The standard InChI is InChI=1S/C22H25ClN2O4/c1-15(22(28)24-13-12-17-6-4-3-5-7-17)29-21(27)14-20(25-16(2)26)18-8-10-19(23)11-9-18/h3-11,15,20H,12-14H2,1-2H3,(H,24,28)(H,25,26). The zero-order valence-electron chi connectivity index (χ0n) is 16.5. The second kappa shape index (κ2) is 11.2. The third-order valence-electron chi connectivity index (χ3n) is 4.25. The second-order valence-corrected chi connectivity index (χ2v) is 7.10. The van der Waals surface area contributed by atoms with Gasteiger partial charge in [-0.1, -0.05) is 54.1 Å². The summed E-state index contributed by atoms with van der Waals surface area (Å²) in [5, 5.41) is 6.03. The molecule has 2 N–H and O–H groups in total. The highest BCUT2D eigenvalue weighted by Gasteiger charge is 2.22. The summed E-state index contributed by atoms with van der Waals surface area (Å²) >= 11 is 5.89. The fourth-order valence-electron chi connectivity index (χ4n) is 2.78. The number of carbonyl (C=O) groups is 3. The Labute approximate surface area is 175 Å². The van der Waals surface area contributed by atoms with E-state index in [1.54, 1.807) is 24.3 Å². The number of halogens is 1. The van der Waals surface area contributed by atoms with Crippen LogP contribution in [0.15, 0.2) is 54.6 Å². The van der Waals surface area contributed by atoms with Crippen LogP contribution in [0.25, 0.3) is 0 Å². The smallest absolute Gasteiger partial charge is 0.309 e. The van der Waals surface area contributed by atoms with Gasteiger partial charge in [0.2, 0.25) is 5.91 Å². The van der Waals surface area contributed by atoms with Crippen LogP contribution in [0.4, 0.5) is 0 Å². The molecule has 0 fully saturated rings. The van der Waals surface area contributed by atoms with Gasteiger partial charge in [-0.3, -0.25) is 14.4 Å². The normalized spacial score (nSPS) is 12.5. The fourth-order valence-corrected chi connectivity index (χ4v) is 2.90. The summed E-state index contributed by atoms with van der Waals surface area (Å²) in [6.07, 6.45) is -0.335. The largest absolute Gasteiger partial charge is 0.452 e. The summed E-state index contributed by atoms with van der Waals surface area (Å²) < 4.78 is 5.24. The molecule has 2 aromatic rings. The van der Waals surface area contributed by atoms with Crippen molar-refractivity contribution in [3.05, 3.63) is 70.7 Å². The summed E-state index contributed by atoms with van der Waals surface area (Å²) in [6, 6.07) is 16.0. The van der Waals surface area contributed by atoms with Gasteiger partial charge in [0.15, 0.2) is 6.10 Å². The lowest BCUT2D eigenvalue weighted by atomic mass is 10.0. The molecule has 2 aromatic carbocycles. The average Bonchev–Trinajstić information content (AvgIpc) is 2.68. The van der Waals surface area contributed by atoms with E-state index in [0.29, 0.717) is 18.0 Å². The number of amides is 2. The molecule has 0 aromatic heterocycles. The monoisotopic (exact) mass is 416 g/mol. The van der Waals surface area contributed by atoms with Crippen LogP contribution in [0.5, 0.6) is 0 Å². The maximum atomic E-state index is 12.3. The van der Waals surface area contributed by atoms with E-state index in [9.17, 15) is 14.4 Å². The van der Waals surface area contributed by atoms with E-state index in [1.807, 2.05) is 30.3 Å². The predicted molar refractivity (Wildman–Crippen MR) is 111 cm³/mol. The third-order valence-corrected chi connectivity index (χ3v) is 4.51. The van der Waals surface area contributed by atoms with Gasteiger partial charge in [0.1, 0.15) is 0 Å². The first-order valence-corrected chi connectivity index (χ1v) is 9.76. The topological polar surface area (TPSA) is 84.5 Å². The van der Waals surface area contributed by atoms with Gasteiger partial charge in [-0.05, 0) is 36.6 Å². The molecule has 0 spiro atoms. The molecule has 6 nitrogen and oxygen atoms in total. The van der Waals surface area contributed by atoms with Gasteiger partial charge >= 0.3 is 5.97 Å². The molecular formula is C22H25ClN2O4. The van der Waals surface area contributed by atoms with Gasteiger partial charge in [0.25, 0.3) is 5.91 Å². The molecule has 0 aliphatic carbocycles. The number of esters is 1. The molecule has 0 radical (unpaired) electrons. The van der Waals surface area contributed by atoms with Crippen LogP contribution in [0.3, 0.4) is 0 Å². The Bertz CT molecular complexity index is 824. The first kappa shape index (κ1) is 22.4. The van der Waals surface area contributed by atoms with Crippen molar-refractivity contribution in [3.63, 3.8) is 0 Å². The lowest BCUT2D eigenvalue weighted by molar-refractivity contribution is -0.155. The van der Waals surface area contributed by atoms with Gasteiger partial charge in [-0.15, -0.1) is 0 Å². The maximum absolute atomic E-state index is 12.3. The van der Waals surface area contributed by atoms with E-state index in [2.05, 4.69) is 10.6 Å². The van der Waals surface area contributed by atoms with Crippen LogP contribution in [0.1, 0.15) is 37.4 Å². The van der Waals surface area contributed by atoms with E-state index in [-0.39, 0.29) is 18.2 Å². The number of carbonyl (C=O) groups excluding carboxylic acids is 3. The minimum atomic E-state index is -0.929. The molecule has 0 bridgehead atoms. The van der Waals surface area contributed by atoms with E-state index in [4.69, 9.17) is 16.3 Å². The van der Waals surface area contributed by atoms with Crippen LogP contribution >= 0.6 is 11.6 Å². The van der Waals surface area contributed by atoms with Gasteiger partial charge in [0, 0.05) is 18.5 Å². The van der Waals surface area contributed by atoms with E-state index in [1.165, 1.54) is 13.8 Å². The number of nitrogens with one attached hydrogen (secondary N) is 2. The number of benzene rings is 2. The highest BCUT2D eigenvalue weighted by atomic mass is 35.5. The molecule has 2 rings (SSSR count). The predicted octanol–water partition coefficient (Wildman–Crippen LogP) is 3.20. The Kier molecular flexibility index (Phi) is 8.68. The molecule has 0 saturated carbocycles. The molecular weight excluding hydrogens is 392 g/mol. The van der Waals surface area contributed by atoms with Gasteiger partial charge in [0.05, 0.1) is 12.5 Å². The average molecular weight is 417 g/mol. The van der Waals surface area contributed by atoms with Crippen molar-refractivity contribution in [1.82, 2.24) is 10.6 Å². The molecule has 0 aliphatic rings. The number of rotatable bonds is 9. The van der Waals surface area contributed by atoms with Crippen molar-refractivity contribution in [1.29, 1.82) is 0 Å². The zero-order chi connectivity index (χ0) is 21.2. The first-order chi connectivity index (χ1) is 13.8. The Morgan fingerprint density at radius 1 is 1.03 bits per heavy atom. The lowest BCUT2D eigenvalue weighted by Crippen LogP contribution is -2.37. The molecule has 0 aliphatic heterocycles. The summed E-state index contributed by atoms with van der Waals surface area (Å²) in [6.45, 7) is 3.34. The van der Waals surface area contributed by atoms with Crippen molar-refractivity contribution < 1.29 is 19.1 Å². The molecule has 29 heavy (non-hydrogen) atoms. The highest BCUT2D eigenvalue weighted by molar-refractivity contribution is 6.30. The van der Waals surface area contributed by atoms with Crippen LogP contribution in [0.2, 0.25) is 5.02 Å². The number of hydrogen-bond acceptors (Lipinski definition) is 4. The summed E-state index contributed by atoms with van der Waals surface area (Å²) in [5.74, 6) is -1.22. The minimum Gasteiger partial charge on any atom is -0.452 e. The van der Waals surface area contributed by atoms with Crippen molar-refractivity contribution in [2.24, 2.45) is 0 Å². The van der Waals surface area contributed by atoms with Crippen LogP contribution in [-0.2, 0) is 25.5 Å². The van der Waals surface area contributed by atoms with Gasteiger partial charge < -0.3 is 15.4 Å². The third kappa shape index (κ3) is 7.95. The van der Waals surface area contributed by atoms with Crippen molar-refractivity contribution in [2.45, 2.75) is 38.8 Å². The Balaban J connectivity index is 1.85. The Morgan fingerprint density at radius 2 is 1.69 bits per heavy atom. The Morgan fingerprint density at radius 3 is 2.31 bits per heavy atom. The first-order valence-electron chi connectivity index (χ1n) is 9.39. The highest BCUT2D eigenvalue weighted by Crippen LogP contribution is 2.20. The van der Waals surface area contributed by atoms with Crippen molar-refractivity contribution in [3.8, 4) is 0 Å². The second-order valence-electron chi connectivity index (χ2n) is 6.67. The quantitative estimate of drug-likeness (QED) is 0.615. The minimum absolute atomic E-state index is 0.0944. The molecule has 0 saturated heterocycles.